The molecule has 0 aliphatic rings. The van der Waals surface area contributed by atoms with Gasteiger partial charge in [-0.15, -0.1) is 0 Å². The molecule has 4 aromatic rings. The van der Waals surface area contributed by atoms with Crippen LogP contribution in [0.3, 0.4) is 0 Å². The van der Waals surface area contributed by atoms with Crippen molar-refractivity contribution in [1.82, 2.24) is 4.98 Å². The van der Waals surface area contributed by atoms with E-state index in [1.807, 2.05) is 25.1 Å². The minimum atomic E-state index is -0.638. The van der Waals surface area contributed by atoms with Crippen molar-refractivity contribution < 1.29 is 18.7 Å². The van der Waals surface area contributed by atoms with Crippen LogP contribution in [-0.2, 0) is 9.53 Å². The Bertz CT molecular complexity index is 1250. The third kappa shape index (κ3) is 4.75. The topological polar surface area (TPSA) is 68.3 Å². The van der Waals surface area contributed by atoms with Crippen molar-refractivity contribution in [2.45, 2.75) is 6.92 Å². The van der Waals surface area contributed by atoms with Crippen LogP contribution in [0.5, 0.6) is 0 Å². The number of ether oxygens (including phenoxy) is 1. The predicted octanol–water partition coefficient (Wildman–Crippen LogP) is 5.14. The van der Waals surface area contributed by atoms with Crippen LogP contribution in [0.4, 0.5) is 10.1 Å². The second kappa shape index (κ2) is 8.75. The first-order valence-corrected chi connectivity index (χ1v) is 9.69. The molecule has 0 spiro atoms. The molecule has 0 radical (unpaired) electrons. The number of rotatable bonds is 5. The summed E-state index contributed by atoms with van der Waals surface area (Å²) in [6.07, 6.45) is 0. The molecule has 0 saturated heterocycles. The Morgan fingerprint density at radius 1 is 0.968 bits per heavy atom. The summed E-state index contributed by atoms with van der Waals surface area (Å²) in [6, 6.07) is 21.9. The maximum atomic E-state index is 13.3. The van der Waals surface area contributed by atoms with E-state index in [9.17, 15) is 14.0 Å². The van der Waals surface area contributed by atoms with E-state index < -0.39 is 18.5 Å². The zero-order valence-corrected chi connectivity index (χ0v) is 16.8. The number of hydrogen-bond donors (Lipinski definition) is 1. The average Bonchev–Trinajstić information content (AvgIpc) is 2.79. The quantitative estimate of drug-likeness (QED) is 0.459. The van der Waals surface area contributed by atoms with Gasteiger partial charge in [-0.05, 0) is 55.5 Å². The zero-order valence-electron chi connectivity index (χ0n) is 16.8. The first-order chi connectivity index (χ1) is 15.0. The fourth-order valence-electron chi connectivity index (χ4n) is 3.16. The molecular weight excluding hydrogens is 395 g/mol. The molecule has 31 heavy (non-hydrogen) atoms. The van der Waals surface area contributed by atoms with E-state index in [4.69, 9.17) is 4.74 Å². The van der Waals surface area contributed by atoms with Gasteiger partial charge in [0.1, 0.15) is 5.82 Å². The number of benzene rings is 3. The highest BCUT2D eigenvalue weighted by Gasteiger charge is 2.16. The smallest absolute Gasteiger partial charge is 0.339 e. The van der Waals surface area contributed by atoms with E-state index in [0.717, 1.165) is 5.56 Å². The number of amides is 1. The van der Waals surface area contributed by atoms with Crippen molar-refractivity contribution in [2.75, 3.05) is 11.9 Å². The summed E-state index contributed by atoms with van der Waals surface area (Å²) < 4.78 is 18.5. The Morgan fingerprint density at radius 3 is 2.42 bits per heavy atom. The molecular formula is C25H19FN2O3. The van der Waals surface area contributed by atoms with Gasteiger partial charge < -0.3 is 10.1 Å². The molecule has 3 aromatic carbocycles. The SMILES string of the molecule is Cc1ccc(NC(=O)COC(=O)c2cc(-c3ccc(F)cc3)nc3ccccc23)cc1. The zero-order chi connectivity index (χ0) is 21.8. The van der Waals surface area contributed by atoms with Gasteiger partial charge in [0.2, 0.25) is 0 Å². The molecule has 0 aliphatic heterocycles. The molecule has 4 rings (SSSR count). The predicted molar refractivity (Wildman–Crippen MR) is 117 cm³/mol. The highest BCUT2D eigenvalue weighted by Crippen LogP contribution is 2.25. The number of aryl methyl sites for hydroxylation is 1. The number of para-hydroxylation sites is 1. The van der Waals surface area contributed by atoms with Gasteiger partial charge >= 0.3 is 5.97 Å². The Kier molecular flexibility index (Phi) is 5.71. The van der Waals surface area contributed by atoms with E-state index in [-0.39, 0.29) is 11.4 Å². The number of esters is 1. The van der Waals surface area contributed by atoms with Crippen LogP contribution in [0.1, 0.15) is 15.9 Å². The van der Waals surface area contributed by atoms with Gasteiger partial charge in [0.05, 0.1) is 16.8 Å². The molecule has 5 nitrogen and oxygen atoms in total. The van der Waals surface area contributed by atoms with Crippen LogP contribution < -0.4 is 5.32 Å². The largest absolute Gasteiger partial charge is 0.452 e. The van der Waals surface area contributed by atoms with Crippen molar-refractivity contribution in [3.63, 3.8) is 0 Å². The molecule has 0 fully saturated rings. The van der Waals surface area contributed by atoms with Crippen molar-refractivity contribution in [2.24, 2.45) is 0 Å². The fourth-order valence-corrected chi connectivity index (χ4v) is 3.16. The van der Waals surface area contributed by atoms with E-state index in [1.165, 1.54) is 12.1 Å². The second-order valence-electron chi connectivity index (χ2n) is 7.07. The van der Waals surface area contributed by atoms with Gasteiger partial charge in [0.15, 0.2) is 6.61 Å². The van der Waals surface area contributed by atoms with Gasteiger partial charge in [-0.3, -0.25) is 4.79 Å². The van der Waals surface area contributed by atoms with Crippen LogP contribution in [0.15, 0.2) is 78.9 Å². The third-order valence-electron chi connectivity index (χ3n) is 4.75. The highest BCUT2D eigenvalue weighted by atomic mass is 19.1. The molecule has 1 heterocycles. The summed E-state index contributed by atoms with van der Waals surface area (Å²) in [5, 5.41) is 3.30. The Morgan fingerprint density at radius 2 is 1.68 bits per heavy atom. The summed E-state index contributed by atoms with van der Waals surface area (Å²) in [5.41, 5.74) is 3.76. The third-order valence-corrected chi connectivity index (χ3v) is 4.75. The molecule has 1 aromatic heterocycles. The normalized spacial score (nSPS) is 10.6. The van der Waals surface area contributed by atoms with E-state index in [1.54, 1.807) is 48.5 Å². The monoisotopic (exact) mass is 414 g/mol. The molecule has 0 bridgehead atoms. The lowest BCUT2D eigenvalue weighted by atomic mass is 10.0. The van der Waals surface area contributed by atoms with Gasteiger partial charge in [-0.1, -0.05) is 35.9 Å². The maximum Gasteiger partial charge on any atom is 0.339 e. The molecule has 0 atom stereocenters. The van der Waals surface area contributed by atoms with Crippen LogP contribution >= 0.6 is 0 Å². The molecule has 0 unspecified atom stereocenters. The van der Waals surface area contributed by atoms with Gasteiger partial charge in [0.25, 0.3) is 5.91 Å². The average molecular weight is 414 g/mol. The van der Waals surface area contributed by atoms with E-state index in [0.29, 0.717) is 27.8 Å². The first-order valence-electron chi connectivity index (χ1n) is 9.69. The molecule has 0 saturated carbocycles. The van der Waals surface area contributed by atoms with Gasteiger partial charge in [0, 0.05) is 16.6 Å². The van der Waals surface area contributed by atoms with Crippen LogP contribution in [0, 0.1) is 12.7 Å². The van der Waals surface area contributed by atoms with Gasteiger partial charge in [-0.2, -0.15) is 0 Å². The lowest BCUT2D eigenvalue weighted by Crippen LogP contribution is -2.21. The van der Waals surface area contributed by atoms with E-state index >= 15 is 0 Å². The number of nitrogens with one attached hydrogen (secondary N) is 1. The number of hydrogen-bond acceptors (Lipinski definition) is 4. The number of nitrogens with zero attached hydrogens (tertiary/aromatic N) is 1. The van der Waals surface area contributed by atoms with Crippen molar-refractivity contribution in [1.29, 1.82) is 0 Å². The minimum absolute atomic E-state index is 0.285. The summed E-state index contributed by atoms with van der Waals surface area (Å²) in [4.78, 5) is 29.6. The fraction of sp³-hybridized carbons (Fsp3) is 0.0800. The van der Waals surface area contributed by atoms with Crippen LogP contribution in [0.25, 0.3) is 22.2 Å². The number of aromatic nitrogens is 1. The summed E-state index contributed by atoms with van der Waals surface area (Å²) in [6.45, 7) is 1.53. The van der Waals surface area contributed by atoms with Crippen LogP contribution in [-0.4, -0.2) is 23.5 Å². The molecule has 6 heteroatoms. The van der Waals surface area contributed by atoms with Gasteiger partial charge in [-0.25, -0.2) is 14.2 Å². The standard InChI is InChI=1S/C25H19FN2O3/c1-16-6-12-19(13-7-16)27-24(29)15-31-25(30)21-14-23(17-8-10-18(26)11-9-17)28-22-5-3-2-4-20(21)22/h2-14H,15H2,1H3,(H,27,29). The number of carbonyl (C=O) groups excluding carboxylic acids is 2. The minimum Gasteiger partial charge on any atom is -0.452 e. The van der Waals surface area contributed by atoms with Crippen molar-refractivity contribution in [3.05, 3.63) is 95.8 Å². The van der Waals surface area contributed by atoms with E-state index in [2.05, 4.69) is 10.3 Å². The van der Waals surface area contributed by atoms with Crippen molar-refractivity contribution in [3.8, 4) is 11.3 Å². The Hall–Kier alpha value is -4.06. The molecule has 0 aliphatic carbocycles. The number of fused-ring (bicyclic) bond motifs is 1. The number of halogens is 1. The molecule has 1 amide bonds. The summed E-state index contributed by atoms with van der Waals surface area (Å²) in [5.74, 6) is -1.43. The maximum absolute atomic E-state index is 13.3. The second-order valence-corrected chi connectivity index (χ2v) is 7.07. The number of anilines is 1. The highest BCUT2D eigenvalue weighted by molar-refractivity contribution is 6.05. The number of pyridine rings is 1. The summed E-state index contributed by atoms with van der Waals surface area (Å²) in [7, 11) is 0. The summed E-state index contributed by atoms with van der Waals surface area (Å²) >= 11 is 0. The molecule has 154 valence electrons. The van der Waals surface area contributed by atoms with Crippen molar-refractivity contribution >= 4 is 28.5 Å². The lowest BCUT2D eigenvalue weighted by Gasteiger charge is -2.10. The first kappa shape index (κ1) is 20.2. The van der Waals surface area contributed by atoms with Crippen LogP contribution in [0.2, 0.25) is 0 Å². The molecule has 1 N–H and O–H groups in total. The lowest BCUT2D eigenvalue weighted by molar-refractivity contribution is -0.119. The Labute approximate surface area is 178 Å². The number of carbonyl (C=O) groups is 2. The Balaban J connectivity index is 1.55.